The lowest BCUT2D eigenvalue weighted by molar-refractivity contribution is 0.0248. The molecule has 0 unspecified atom stereocenters. The fourth-order valence-electron chi connectivity index (χ4n) is 2.30. The fraction of sp³-hybridized carbons (Fsp3) is 1.00. The summed E-state index contributed by atoms with van der Waals surface area (Å²) in [6.45, 7) is 0. The summed E-state index contributed by atoms with van der Waals surface area (Å²) in [6, 6.07) is 0. The minimum Gasteiger partial charge on any atom is -0.126 e. The molecule has 0 aromatic carbocycles. The van der Waals surface area contributed by atoms with Crippen LogP contribution in [0.4, 0.5) is 0 Å². The van der Waals surface area contributed by atoms with Crippen molar-refractivity contribution in [1.82, 2.24) is 0 Å². The lowest BCUT2D eigenvalue weighted by Crippen LogP contribution is -2.42. The Kier molecular flexibility index (Phi) is 1.68. The Labute approximate surface area is 68.0 Å². The lowest BCUT2D eigenvalue weighted by atomic mass is 9.56. The zero-order valence-electron chi connectivity index (χ0n) is 6.41. The van der Waals surface area contributed by atoms with Gasteiger partial charge in [0.25, 0.3) is 0 Å². The molecule has 0 aromatic heterocycles. The Morgan fingerprint density at radius 1 is 1.20 bits per heavy atom. The van der Waals surface area contributed by atoms with Gasteiger partial charge < -0.3 is 0 Å². The van der Waals surface area contributed by atoms with Crippen molar-refractivity contribution in [2.45, 2.75) is 38.5 Å². The van der Waals surface area contributed by atoms with Crippen LogP contribution in [0.5, 0.6) is 0 Å². The first-order valence-electron chi connectivity index (χ1n) is 4.43. The third kappa shape index (κ3) is 0.812. The van der Waals surface area contributed by atoms with E-state index in [-0.39, 0.29) is 0 Å². The van der Waals surface area contributed by atoms with Gasteiger partial charge in [0.05, 0.1) is 0 Å². The summed E-state index contributed by atoms with van der Waals surface area (Å²) in [6.07, 6.45) is 8.66. The van der Waals surface area contributed by atoms with E-state index in [0.717, 1.165) is 11.8 Å². The molecule has 2 saturated carbocycles. The minimum atomic E-state index is 0.625. The molecule has 0 aromatic rings. The van der Waals surface area contributed by atoms with Gasteiger partial charge in [0, 0.05) is 5.88 Å². The van der Waals surface area contributed by atoms with Gasteiger partial charge in [0.15, 0.2) is 0 Å². The first-order chi connectivity index (χ1) is 4.87. The van der Waals surface area contributed by atoms with Crippen LogP contribution in [0.2, 0.25) is 0 Å². The summed E-state index contributed by atoms with van der Waals surface area (Å²) in [5, 5.41) is 0. The first kappa shape index (κ1) is 6.97. The Morgan fingerprint density at radius 3 is 2.00 bits per heavy atom. The number of rotatable bonds is 2. The summed E-state index contributed by atoms with van der Waals surface area (Å²) in [7, 11) is 0. The van der Waals surface area contributed by atoms with Crippen molar-refractivity contribution in [2.24, 2.45) is 11.3 Å². The van der Waals surface area contributed by atoms with Crippen LogP contribution in [-0.4, -0.2) is 5.88 Å². The van der Waals surface area contributed by atoms with Gasteiger partial charge in [0.2, 0.25) is 0 Å². The van der Waals surface area contributed by atoms with Gasteiger partial charge in [-0.15, -0.1) is 11.6 Å². The number of alkyl halides is 1. The molecule has 2 fully saturated rings. The molecule has 10 heavy (non-hydrogen) atoms. The van der Waals surface area contributed by atoms with E-state index in [0.29, 0.717) is 5.41 Å². The van der Waals surface area contributed by atoms with Crippen LogP contribution in [0.15, 0.2) is 0 Å². The second kappa shape index (κ2) is 2.41. The van der Waals surface area contributed by atoms with Gasteiger partial charge in [-0.25, -0.2) is 0 Å². The van der Waals surface area contributed by atoms with Crippen LogP contribution in [0.3, 0.4) is 0 Å². The highest BCUT2D eigenvalue weighted by molar-refractivity contribution is 6.18. The van der Waals surface area contributed by atoms with E-state index in [4.69, 9.17) is 11.6 Å². The average molecular weight is 159 g/mol. The van der Waals surface area contributed by atoms with Gasteiger partial charge >= 0.3 is 0 Å². The van der Waals surface area contributed by atoms with E-state index < -0.39 is 0 Å². The van der Waals surface area contributed by atoms with Crippen LogP contribution in [-0.2, 0) is 0 Å². The fourth-order valence-corrected chi connectivity index (χ4v) is 2.79. The Bertz CT molecular complexity index is 117. The summed E-state index contributed by atoms with van der Waals surface area (Å²) < 4.78 is 0. The Balaban J connectivity index is 1.96. The molecule has 0 aliphatic heterocycles. The standard InChI is InChI=1S/C9H15Cl/c10-7-9(5-2-6-9)8-3-1-4-8/h8H,1-7H2. The van der Waals surface area contributed by atoms with E-state index in [1.165, 1.54) is 38.5 Å². The molecular formula is C9H15Cl. The molecule has 0 amide bonds. The van der Waals surface area contributed by atoms with Gasteiger partial charge in [-0.1, -0.05) is 12.8 Å². The second-order valence-corrected chi connectivity index (χ2v) is 4.24. The summed E-state index contributed by atoms with van der Waals surface area (Å²) in [5.41, 5.74) is 0.625. The van der Waals surface area contributed by atoms with E-state index in [2.05, 4.69) is 0 Å². The van der Waals surface area contributed by atoms with Gasteiger partial charge in [-0.05, 0) is 37.0 Å². The number of halogens is 1. The van der Waals surface area contributed by atoms with Crippen molar-refractivity contribution < 1.29 is 0 Å². The summed E-state index contributed by atoms with van der Waals surface area (Å²) in [5.74, 6) is 1.94. The van der Waals surface area contributed by atoms with E-state index in [1.54, 1.807) is 0 Å². The highest BCUT2D eigenvalue weighted by atomic mass is 35.5. The molecule has 0 N–H and O–H groups in total. The maximum Gasteiger partial charge on any atom is 0.0282 e. The molecule has 1 heteroatoms. The smallest absolute Gasteiger partial charge is 0.0282 e. The predicted octanol–water partition coefficient (Wildman–Crippen LogP) is 3.20. The Morgan fingerprint density at radius 2 is 1.90 bits per heavy atom. The molecule has 2 aliphatic rings. The summed E-state index contributed by atoms with van der Waals surface area (Å²) in [4.78, 5) is 0. The minimum absolute atomic E-state index is 0.625. The van der Waals surface area contributed by atoms with Crippen molar-refractivity contribution in [3.8, 4) is 0 Å². The third-order valence-electron chi connectivity index (χ3n) is 3.59. The average Bonchev–Trinajstić information content (AvgIpc) is 1.73. The van der Waals surface area contributed by atoms with Crippen molar-refractivity contribution in [3.05, 3.63) is 0 Å². The molecular weight excluding hydrogens is 144 g/mol. The van der Waals surface area contributed by atoms with Gasteiger partial charge in [-0.3, -0.25) is 0 Å². The van der Waals surface area contributed by atoms with Gasteiger partial charge in [-0.2, -0.15) is 0 Å². The van der Waals surface area contributed by atoms with Crippen LogP contribution in [0.25, 0.3) is 0 Å². The quantitative estimate of drug-likeness (QED) is 0.542. The second-order valence-electron chi connectivity index (χ2n) is 3.98. The number of hydrogen-bond donors (Lipinski definition) is 0. The van der Waals surface area contributed by atoms with E-state index >= 15 is 0 Å². The van der Waals surface area contributed by atoms with Crippen molar-refractivity contribution in [2.75, 3.05) is 5.88 Å². The molecule has 0 bridgehead atoms. The van der Waals surface area contributed by atoms with Crippen LogP contribution < -0.4 is 0 Å². The van der Waals surface area contributed by atoms with E-state index in [1.807, 2.05) is 0 Å². The third-order valence-corrected chi connectivity index (χ3v) is 4.12. The van der Waals surface area contributed by atoms with Crippen LogP contribution in [0, 0.1) is 11.3 Å². The largest absolute Gasteiger partial charge is 0.126 e. The van der Waals surface area contributed by atoms with E-state index in [9.17, 15) is 0 Å². The molecule has 0 saturated heterocycles. The molecule has 58 valence electrons. The predicted molar refractivity (Wildman–Crippen MR) is 44.3 cm³/mol. The van der Waals surface area contributed by atoms with Crippen molar-refractivity contribution in [1.29, 1.82) is 0 Å². The maximum absolute atomic E-state index is 5.97. The highest BCUT2D eigenvalue weighted by Gasteiger charge is 2.45. The lowest BCUT2D eigenvalue weighted by Gasteiger charge is -2.50. The zero-order chi connectivity index (χ0) is 7.03. The SMILES string of the molecule is ClCC1(C2CCC2)CCC1. The molecule has 0 spiro atoms. The Hall–Kier alpha value is 0.290. The van der Waals surface area contributed by atoms with Gasteiger partial charge in [0.1, 0.15) is 0 Å². The molecule has 0 nitrogen and oxygen atoms in total. The molecule has 2 rings (SSSR count). The zero-order valence-corrected chi connectivity index (χ0v) is 7.16. The molecule has 0 atom stereocenters. The molecule has 0 radical (unpaired) electrons. The van der Waals surface area contributed by atoms with Crippen LogP contribution >= 0.6 is 11.6 Å². The van der Waals surface area contributed by atoms with Crippen molar-refractivity contribution in [3.63, 3.8) is 0 Å². The normalized spacial score (nSPS) is 30.9. The number of hydrogen-bond acceptors (Lipinski definition) is 0. The topological polar surface area (TPSA) is 0 Å². The maximum atomic E-state index is 5.97. The highest BCUT2D eigenvalue weighted by Crippen LogP contribution is 2.54. The molecule has 2 aliphatic carbocycles. The monoisotopic (exact) mass is 158 g/mol. The first-order valence-corrected chi connectivity index (χ1v) is 4.97. The summed E-state index contributed by atoms with van der Waals surface area (Å²) >= 11 is 5.97. The van der Waals surface area contributed by atoms with Crippen molar-refractivity contribution >= 4 is 11.6 Å². The van der Waals surface area contributed by atoms with Crippen LogP contribution in [0.1, 0.15) is 38.5 Å². The molecule has 0 heterocycles.